The van der Waals surface area contributed by atoms with Crippen molar-refractivity contribution in [3.05, 3.63) is 99.3 Å². The van der Waals surface area contributed by atoms with Crippen molar-refractivity contribution in [2.45, 2.75) is 217 Å². The lowest BCUT2D eigenvalue weighted by molar-refractivity contribution is -0.187. The van der Waals surface area contributed by atoms with Crippen LogP contribution in [0.4, 0.5) is 0 Å². The summed E-state index contributed by atoms with van der Waals surface area (Å²) >= 11 is 0. The van der Waals surface area contributed by atoms with Crippen LogP contribution in [0.1, 0.15) is 157 Å². The highest BCUT2D eigenvalue weighted by Gasteiger charge is 2.46. The van der Waals surface area contributed by atoms with Gasteiger partial charge in [0.05, 0.1) is 36.6 Å². The summed E-state index contributed by atoms with van der Waals surface area (Å²) in [6.45, 7) is 11.8. The highest BCUT2D eigenvalue weighted by molar-refractivity contribution is 5.80. The van der Waals surface area contributed by atoms with E-state index in [4.69, 9.17) is 42.6 Å². The topological polar surface area (TPSA) is 299 Å². The first-order valence-corrected chi connectivity index (χ1v) is 26.9. The lowest BCUT2D eigenvalue weighted by atomic mass is 9.84. The van der Waals surface area contributed by atoms with E-state index in [2.05, 4.69) is 15.0 Å². The molecule has 5 unspecified atom stereocenters. The number of carbonyl (C=O) groups is 3. The monoisotopic (exact) mass is 1090 g/mol. The molecule has 5 fully saturated rings. The van der Waals surface area contributed by atoms with Crippen LogP contribution in [0.5, 0.6) is 0 Å². The van der Waals surface area contributed by atoms with E-state index in [9.17, 15) is 43.2 Å². The third-order valence-electron chi connectivity index (χ3n) is 13.8. The van der Waals surface area contributed by atoms with Crippen LogP contribution >= 0.6 is 0 Å². The number of nitrogens with one attached hydrogen (secondary N) is 3. The van der Waals surface area contributed by atoms with Crippen molar-refractivity contribution in [3.8, 4) is 0 Å². The van der Waals surface area contributed by atoms with Crippen molar-refractivity contribution >= 4 is 17.9 Å². The summed E-state index contributed by atoms with van der Waals surface area (Å²) in [4.78, 5) is 113. The molecule has 428 valence electrons. The highest BCUT2D eigenvalue weighted by Crippen LogP contribution is 2.37. The second-order valence-electron chi connectivity index (χ2n) is 21.3. The second kappa shape index (κ2) is 27.7. The molecule has 3 aromatic heterocycles. The van der Waals surface area contributed by atoms with Gasteiger partial charge in [-0.25, -0.2) is 28.8 Å². The molecule has 0 amide bonds. The zero-order valence-electron chi connectivity index (χ0n) is 45.4. The van der Waals surface area contributed by atoms with E-state index in [1.165, 1.54) is 57.6 Å². The Kier molecular flexibility index (Phi) is 21.7. The third-order valence-corrected chi connectivity index (χ3v) is 13.8. The van der Waals surface area contributed by atoms with Crippen molar-refractivity contribution in [3.63, 3.8) is 0 Å². The summed E-state index contributed by atoms with van der Waals surface area (Å²) in [5, 5.41) is 0. The van der Waals surface area contributed by atoms with Gasteiger partial charge in [-0.05, 0) is 138 Å². The van der Waals surface area contributed by atoms with Gasteiger partial charge in [0.2, 0.25) is 0 Å². The molecule has 3 N–H and O–H groups in total. The number of hydrogen-bond donors (Lipinski definition) is 3. The maximum absolute atomic E-state index is 12.8. The van der Waals surface area contributed by atoms with E-state index in [1.807, 2.05) is 27.7 Å². The normalized spacial score (nSPS) is 22.1. The van der Waals surface area contributed by atoms with Crippen molar-refractivity contribution < 1.29 is 57.0 Å². The number of aryl methyl sites for hydroxylation is 1. The summed E-state index contributed by atoms with van der Waals surface area (Å²) in [7, 11) is 1.53. The van der Waals surface area contributed by atoms with Crippen molar-refractivity contribution in [2.24, 2.45) is 0 Å². The minimum absolute atomic E-state index is 0.0464. The van der Waals surface area contributed by atoms with Crippen molar-refractivity contribution in [1.29, 1.82) is 0 Å². The fourth-order valence-corrected chi connectivity index (χ4v) is 9.81. The van der Waals surface area contributed by atoms with Gasteiger partial charge in [-0.2, -0.15) is 0 Å². The lowest BCUT2D eigenvalue weighted by Gasteiger charge is -2.36. The number of nitrogens with zero attached hydrogens (tertiary/aromatic N) is 3. The molecule has 2 aliphatic heterocycles. The van der Waals surface area contributed by atoms with Crippen LogP contribution in [-0.2, 0) is 63.6 Å². The minimum Gasteiger partial charge on any atom is -0.461 e. The predicted molar refractivity (Wildman–Crippen MR) is 276 cm³/mol. The molecule has 0 radical (unpaired) electrons. The van der Waals surface area contributed by atoms with Gasteiger partial charge in [0.1, 0.15) is 32.3 Å². The van der Waals surface area contributed by atoms with E-state index in [0.29, 0.717) is 64.3 Å². The molecule has 5 heterocycles. The largest absolute Gasteiger partial charge is 0.461 e. The van der Waals surface area contributed by atoms with Crippen LogP contribution in [0.25, 0.3) is 0 Å². The van der Waals surface area contributed by atoms with Crippen LogP contribution in [-0.4, -0.2) is 127 Å². The first-order chi connectivity index (χ1) is 36.6. The van der Waals surface area contributed by atoms with Gasteiger partial charge in [-0.3, -0.25) is 38.5 Å². The molecule has 0 bridgehead atoms. The Morgan fingerprint density at radius 1 is 0.623 bits per heavy atom. The smallest absolute Gasteiger partial charge is 0.338 e. The molecule has 5 aliphatic rings. The van der Waals surface area contributed by atoms with Crippen LogP contribution in [0.3, 0.4) is 0 Å². The predicted octanol–water partition coefficient (Wildman–Crippen LogP) is 3.82. The van der Waals surface area contributed by atoms with Crippen LogP contribution in [0, 0.1) is 0 Å². The summed E-state index contributed by atoms with van der Waals surface area (Å²) in [5.74, 6) is -1.07. The fraction of sp³-hybridized carbons (Fsp3) is 0.717. The fourth-order valence-electron chi connectivity index (χ4n) is 9.81. The van der Waals surface area contributed by atoms with E-state index >= 15 is 0 Å². The van der Waals surface area contributed by atoms with Crippen LogP contribution in [0.2, 0.25) is 0 Å². The quantitative estimate of drug-likeness (QED) is 0.101. The summed E-state index contributed by atoms with van der Waals surface area (Å²) in [6.07, 6.45) is 15.1. The average molecular weight is 1090 g/mol. The molecule has 3 aliphatic carbocycles. The molecular formula is C53H78N6O18. The third kappa shape index (κ3) is 17.6. The van der Waals surface area contributed by atoms with E-state index in [1.54, 1.807) is 13.8 Å². The Morgan fingerprint density at radius 3 is 1.53 bits per heavy atom. The van der Waals surface area contributed by atoms with E-state index in [-0.39, 0.29) is 68.4 Å². The Morgan fingerprint density at radius 2 is 1.08 bits per heavy atom. The van der Waals surface area contributed by atoms with Gasteiger partial charge in [-0.1, -0.05) is 6.42 Å². The van der Waals surface area contributed by atoms with E-state index in [0.717, 1.165) is 44.9 Å². The Labute approximate surface area is 445 Å². The molecule has 0 spiro atoms. The summed E-state index contributed by atoms with van der Waals surface area (Å²) in [6, 6.07) is 3.85. The van der Waals surface area contributed by atoms with Gasteiger partial charge in [0.25, 0.3) is 16.7 Å². The van der Waals surface area contributed by atoms with Gasteiger partial charge in [-0.15, -0.1) is 0 Å². The Bertz CT molecular complexity index is 2780. The number of H-pyrrole nitrogens is 3. The SMILES string of the molecule is CC(C)(OC1CC1)C(=O)OCC1CCC(n2ccc(=O)[nH]c2=O)O1.CC(C)OC1(C(=O)OCC2CCC(n3ccc(=O)[nH]c3=O)O2)CCCCC1.COC(CCn1ccc(=O)[nH]c1=O)COC(=O)C1(OC(C)C)CCCC1. The van der Waals surface area contributed by atoms with Crippen LogP contribution in [0.15, 0.2) is 65.6 Å². The summed E-state index contributed by atoms with van der Waals surface area (Å²) in [5.41, 5.74) is -5.46. The molecule has 3 aromatic rings. The molecular weight excluding hydrogens is 1010 g/mol. The van der Waals surface area contributed by atoms with Gasteiger partial charge in [0.15, 0.2) is 16.8 Å². The minimum atomic E-state index is -0.963. The number of aromatic amines is 3. The number of carbonyl (C=O) groups excluding carboxylic acids is 3. The van der Waals surface area contributed by atoms with Gasteiger partial charge >= 0.3 is 35.0 Å². The maximum Gasteiger partial charge on any atom is 0.338 e. The number of hydrogen-bond acceptors (Lipinski definition) is 18. The first kappa shape index (κ1) is 60.4. The molecule has 24 nitrogen and oxygen atoms in total. The number of aromatic nitrogens is 6. The zero-order valence-corrected chi connectivity index (χ0v) is 45.4. The Hall–Kier alpha value is -5.79. The average Bonchev–Trinajstić information content (AvgIpc) is 3.69. The van der Waals surface area contributed by atoms with Gasteiger partial charge < -0.3 is 47.2 Å². The first-order valence-electron chi connectivity index (χ1n) is 26.9. The van der Waals surface area contributed by atoms with Crippen LogP contribution < -0.4 is 33.7 Å². The molecule has 2 saturated heterocycles. The van der Waals surface area contributed by atoms with Gasteiger partial charge in [0, 0.05) is 50.4 Å². The number of methoxy groups -OCH3 is 1. The second-order valence-corrected chi connectivity index (χ2v) is 21.3. The molecule has 77 heavy (non-hydrogen) atoms. The zero-order chi connectivity index (χ0) is 55.9. The lowest BCUT2D eigenvalue weighted by Crippen LogP contribution is -2.47. The molecule has 8 rings (SSSR count). The van der Waals surface area contributed by atoms with Crippen molar-refractivity contribution in [2.75, 3.05) is 26.9 Å². The number of esters is 3. The molecule has 24 heteroatoms. The number of rotatable bonds is 21. The molecule has 5 atom stereocenters. The molecule has 3 saturated carbocycles. The van der Waals surface area contributed by atoms with Crippen molar-refractivity contribution in [1.82, 2.24) is 28.7 Å². The van der Waals surface area contributed by atoms with E-state index < -0.39 is 69.0 Å². The summed E-state index contributed by atoms with van der Waals surface area (Å²) < 4.78 is 54.9. The Balaban J connectivity index is 0.000000187. The standard InChI is InChI=1S/C19H28N2O6.C18H28N2O6.C16H22N2O6/c1-13(2)27-19(9-4-3-5-10-19)17(23)25-12-14-6-7-16(26-14)21-11-8-15(22)20-18(21)24;1-13(2)26-18(8-4-5-9-18)16(22)25-12-14(24-3)6-10-20-11-7-15(21)19-17(20)23;1-16(2,24-10-3-4-10)14(20)22-9-11-5-6-13(23-11)18-8-7-12(19)17-15(18)21/h8,11,13-14,16H,3-7,9-10,12H2,1-2H3,(H,20,22,24);7,11,13-14H,4-6,8-10,12H2,1-3H3,(H,19,21,23);7-8,10-11,13H,3-6,9H2,1-2H3,(H,17,19,21). The number of ether oxygens (including phenoxy) is 9. The molecule has 0 aromatic carbocycles. The highest BCUT2D eigenvalue weighted by atomic mass is 16.6. The maximum atomic E-state index is 12.8.